The lowest BCUT2D eigenvalue weighted by molar-refractivity contribution is -0.141. The first-order chi connectivity index (χ1) is 16.2. The van der Waals surface area contributed by atoms with Crippen molar-refractivity contribution in [1.29, 1.82) is 0 Å². The predicted molar refractivity (Wildman–Crippen MR) is 142 cm³/mol. The molecule has 0 saturated heterocycles. The minimum atomic E-state index is -3.57. The lowest BCUT2D eigenvalue weighted by Crippen LogP contribution is -2.52. The number of benzene rings is 2. The van der Waals surface area contributed by atoms with Crippen molar-refractivity contribution in [3.05, 3.63) is 64.1 Å². The third kappa shape index (κ3) is 9.02. The molecule has 10 heteroatoms. The topological polar surface area (TPSA) is 86.8 Å². The Morgan fingerprint density at radius 1 is 1.03 bits per heavy atom. The van der Waals surface area contributed by atoms with Crippen molar-refractivity contribution in [2.24, 2.45) is 0 Å². The van der Waals surface area contributed by atoms with E-state index in [2.05, 4.69) is 5.32 Å². The highest BCUT2D eigenvalue weighted by atomic mass is 35.5. The van der Waals surface area contributed by atoms with E-state index in [1.807, 2.05) is 32.9 Å². The first-order valence-corrected chi connectivity index (χ1v) is 13.9. The molecule has 0 fully saturated rings. The van der Waals surface area contributed by atoms with Crippen molar-refractivity contribution < 1.29 is 18.0 Å². The number of nitrogens with one attached hydrogen (secondary N) is 1. The van der Waals surface area contributed by atoms with E-state index in [0.717, 1.165) is 11.8 Å². The van der Waals surface area contributed by atoms with Crippen LogP contribution in [0.5, 0.6) is 0 Å². The molecular weight excluding hydrogens is 509 g/mol. The molecule has 2 rings (SSSR count). The van der Waals surface area contributed by atoms with Crippen molar-refractivity contribution >= 4 is 50.7 Å². The molecule has 1 unspecified atom stereocenters. The van der Waals surface area contributed by atoms with E-state index >= 15 is 0 Å². The number of hydrogen-bond donors (Lipinski definition) is 1. The summed E-state index contributed by atoms with van der Waals surface area (Å²) in [5, 5.41) is 3.91. The minimum absolute atomic E-state index is 0.0528. The van der Waals surface area contributed by atoms with Gasteiger partial charge in [-0.2, -0.15) is 0 Å². The average molecular weight is 543 g/mol. The number of hydrogen-bond acceptors (Lipinski definition) is 4. The van der Waals surface area contributed by atoms with Crippen LogP contribution in [0.3, 0.4) is 0 Å². The van der Waals surface area contributed by atoms with Gasteiger partial charge in [0.2, 0.25) is 21.8 Å². The number of carbonyl (C=O) groups is 2. The van der Waals surface area contributed by atoms with Crippen LogP contribution in [0.4, 0.5) is 5.69 Å². The number of rotatable bonds is 10. The van der Waals surface area contributed by atoms with Crippen LogP contribution < -0.4 is 9.62 Å². The van der Waals surface area contributed by atoms with Crippen molar-refractivity contribution in [3.63, 3.8) is 0 Å². The Labute approximate surface area is 218 Å². The van der Waals surface area contributed by atoms with E-state index in [-0.39, 0.29) is 37.7 Å². The second-order valence-corrected chi connectivity index (χ2v) is 12.2. The summed E-state index contributed by atoms with van der Waals surface area (Å²) in [7, 11) is -3.57. The molecule has 0 saturated carbocycles. The van der Waals surface area contributed by atoms with Crippen LogP contribution in [0.25, 0.3) is 0 Å². The predicted octanol–water partition coefficient (Wildman–Crippen LogP) is 4.87. The Morgan fingerprint density at radius 3 is 2.17 bits per heavy atom. The molecule has 1 atom stereocenters. The normalized spacial score (nSPS) is 12.7. The summed E-state index contributed by atoms with van der Waals surface area (Å²) in [5.74, 6) is -0.553. The fraction of sp³-hybridized carbons (Fsp3) is 0.440. The second-order valence-electron chi connectivity index (χ2n) is 9.44. The van der Waals surface area contributed by atoms with E-state index < -0.39 is 21.6 Å². The largest absolute Gasteiger partial charge is 0.350 e. The highest BCUT2D eigenvalue weighted by molar-refractivity contribution is 7.92. The maximum Gasteiger partial charge on any atom is 0.242 e. The van der Waals surface area contributed by atoms with Crippen molar-refractivity contribution in [1.82, 2.24) is 10.2 Å². The molecule has 0 bridgehead atoms. The number of carbonyl (C=O) groups excluding carboxylic acids is 2. The molecule has 7 nitrogen and oxygen atoms in total. The Kier molecular flexibility index (Phi) is 10.0. The van der Waals surface area contributed by atoms with Crippen molar-refractivity contribution in [3.8, 4) is 0 Å². The van der Waals surface area contributed by atoms with Gasteiger partial charge < -0.3 is 10.2 Å². The van der Waals surface area contributed by atoms with Gasteiger partial charge in [0, 0.05) is 35.1 Å². The molecule has 0 aliphatic carbocycles. The Balaban J connectivity index is 2.19. The zero-order chi connectivity index (χ0) is 26.4. The van der Waals surface area contributed by atoms with Gasteiger partial charge >= 0.3 is 0 Å². The van der Waals surface area contributed by atoms with Crippen LogP contribution in [0.1, 0.15) is 46.1 Å². The third-order valence-electron chi connectivity index (χ3n) is 5.23. The lowest BCUT2D eigenvalue weighted by Gasteiger charge is -2.32. The van der Waals surface area contributed by atoms with Gasteiger partial charge in [0.15, 0.2) is 0 Å². The maximum atomic E-state index is 13.3. The molecule has 0 spiro atoms. The monoisotopic (exact) mass is 541 g/mol. The summed E-state index contributed by atoms with van der Waals surface area (Å²) in [6.45, 7) is 7.54. The summed E-state index contributed by atoms with van der Waals surface area (Å²) in [6, 6.07) is 12.9. The van der Waals surface area contributed by atoms with E-state index in [4.69, 9.17) is 23.2 Å². The number of amides is 2. The highest BCUT2D eigenvalue weighted by Gasteiger charge is 2.29. The molecule has 0 radical (unpaired) electrons. The first kappa shape index (κ1) is 28.9. The lowest BCUT2D eigenvalue weighted by atomic mass is 10.1. The molecule has 0 aromatic heterocycles. The third-order valence-corrected chi connectivity index (χ3v) is 7.05. The highest BCUT2D eigenvalue weighted by Crippen LogP contribution is 2.22. The van der Waals surface area contributed by atoms with Gasteiger partial charge in [0.05, 0.1) is 11.9 Å². The quantitative estimate of drug-likeness (QED) is 0.464. The van der Waals surface area contributed by atoms with Crippen LogP contribution in [0.15, 0.2) is 48.5 Å². The van der Waals surface area contributed by atoms with Crippen LogP contribution in [0, 0.1) is 0 Å². The summed E-state index contributed by atoms with van der Waals surface area (Å²) in [4.78, 5) is 27.7. The number of nitrogens with zero attached hydrogens (tertiary/aromatic N) is 2. The van der Waals surface area contributed by atoms with Crippen molar-refractivity contribution in [2.45, 2.75) is 58.7 Å². The molecule has 1 N–H and O–H groups in total. The summed E-state index contributed by atoms with van der Waals surface area (Å²) in [5.41, 5.74) is 0.728. The summed E-state index contributed by atoms with van der Waals surface area (Å²) < 4.78 is 26.0. The molecule has 0 aliphatic rings. The molecule has 2 aromatic carbocycles. The van der Waals surface area contributed by atoms with Gasteiger partial charge in [-0.25, -0.2) is 8.42 Å². The standard InChI is InChI=1S/C25H33Cl2N3O4S/c1-18(24(32)28-25(2,3)4)29(17-19-9-6-7-10-22(19)27)23(31)11-8-16-30(35(5,33)34)21-14-12-20(26)13-15-21/h6-7,9-10,12-15,18H,8,11,16-17H2,1-5H3,(H,28,32). The Hall–Kier alpha value is -2.29. The molecule has 35 heavy (non-hydrogen) atoms. The van der Waals surface area contributed by atoms with E-state index in [1.54, 1.807) is 43.3 Å². The SMILES string of the molecule is CC(C(=O)NC(C)(C)C)N(Cc1ccccc1Cl)C(=O)CCCN(c1ccc(Cl)cc1)S(C)(=O)=O. The van der Waals surface area contributed by atoms with Crippen LogP contribution in [-0.4, -0.2) is 49.5 Å². The molecule has 2 amide bonds. The number of sulfonamides is 1. The Morgan fingerprint density at radius 2 is 1.63 bits per heavy atom. The summed E-state index contributed by atoms with van der Waals surface area (Å²) >= 11 is 12.2. The summed E-state index contributed by atoms with van der Waals surface area (Å²) in [6.07, 6.45) is 1.43. The molecule has 0 heterocycles. The van der Waals surface area contributed by atoms with Gasteiger partial charge in [-0.15, -0.1) is 0 Å². The van der Waals surface area contributed by atoms with Gasteiger partial charge in [0.25, 0.3) is 0 Å². The fourth-order valence-corrected chi connectivity index (χ4v) is 4.76. The van der Waals surface area contributed by atoms with Crippen LogP contribution in [-0.2, 0) is 26.2 Å². The zero-order valence-corrected chi connectivity index (χ0v) is 23.0. The van der Waals surface area contributed by atoms with Crippen molar-refractivity contribution in [2.75, 3.05) is 17.1 Å². The molecule has 192 valence electrons. The fourth-order valence-electron chi connectivity index (χ4n) is 3.48. The van der Waals surface area contributed by atoms with Crippen LogP contribution in [0.2, 0.25) is 10.0 Å². The number of halogens is 2. The van der Waals surface area contributed by atoms with Gasteiger partial charge in [-0.3, -0.25) is 13.9 Å². The first-order valence-electron chi connectivity index (χ1n) is 11.3. The van der Waals surface area contributed by atoms with Gasteiger partial charge in [-0.05, 0) is 70.0 Å². The van der Waals surface area contributed by atoms with E-state index in [0.29, 0.717) is 15.7 Å². The molecule has 0 aliphatic heterocycles. The van der Waals surface area contributed by atoms with Crippen LogP contribution >= 0.6 is 23.2 Å². The molecular formula is C25H33Cl2N3O4S. The Bertz CT molecular complexity index is 1130. The minimum Gasteiger partial charge on any atom is -0.350 e. The maximum absolute atomic E-state index is 13.3. The van der Waals surface area contributed by atoms with Gasteiger partial charge in [-0.1, -0.05) is 41.4 Å². The average Bonchev–Trinajstić information content (AvgIpc) is 2.74. The second kappa shape index (κ2) is 12.1. The van der Waals surface area contributed by atoms with Gasteiger partial charge in [0.1, 0.15) is 6.04 Å². The smallest absolute Gasteiger partial charge is 0.242 e. The number of anilines is 1. The molecule has 2 aromatic rings. The van der Waals surface area contributed by atoms with E-state index in [1.165, 1.54) is 9.21 Å². The zero-order valence-electron chi connectivity index (χ0n) is 20.7. The van der Waals surface area contributed by atoms with E-state index in [9.17, 15) is 18.0 Å².